The number of carboxylic acids is 1. The zero-order valence-corrected chi connectivity index (χ0v) is 21.8. The normalized spacial score (nSPS) is 26.7. The van der Waals surface area contributed by atoms with Crippen LogP contribution in [-0.2, 0) is 22.8 Å². The summed E-state index contributed by atoms with van der Waals surface area (Å²) >= 11 is 0. The molecule has 2 aromatic rings. The van der Waals surface area contributed by atoms with Crippen LogP contribution in [0.1, 0.15) is 74.1 Å². The molecule has 0 aromatic heterocycles. The summed E-state index contributed by atoms with van der Waals surface area (Å²) in [6.07, 6.45) is 9.99. The molecule has 0 atom stereocenters. The molecule has 6 rings (SSSR count). The molecule has 3 nitrogen and oxygen atoms in total. The van der Waals surface area contributed by atoms with Crippen molar-refractivity contribution in [3.8, 4) is 5.75 Å². The molecular weight excluding hydrogens is 489 g/mol. The van der Waals surface area contributed by atoms with Gasteiger partial charge in [0.25, 0.3) is 0 Å². The van der Waals surface area contributed by atoms with E-state index in [1.807, 2.05) is 31.2 Å². The lowest BCUT2D eigenvalue weighted by molar-refractivity contribution is -0.139. The number of aliphatic carboxylic acids is 1. The number of carbonyl (C=O) groups is 1. The maximum Gasteiger partial charge on any atom is 0.416 e. The highest BCUT2D eigenvalue weighted by Gasteiger charge is 2.52. The van der Waals surface area contributed by atoms with E-state index in [0.717, 1.165) is 59.8 Å². The number of allylic oxidation sites excluding steroid dienone is 4. The predicted molar refractivity (Wildman–Crippen MR) is 142 cm³/mol. The van der Waals surface area contributed by atoms with Gasteiger partial charge < -0.3 is 9.84 Å². The molecule has 0 heterocycles. The number of alkyl halides is 3. The number of hydrogen-bond donors (Lipinski definition) is 1. The minimum Gasteiger partial charge on any atom is -0.482 e. The van der Waals surface area contributed by atoms with Gasteiger partial charge in [0.15, 0.2) is 6.61 Å². The van der Waals surface area contributed by atoms with Crippen molar-refractivity contribution in [2.75, 3.05) is 6.61 Å². The Morgan fingerprint density at radius 1 is 1.05 bits per heavy atom. The summed E-state index contributed by atoms with van der Waals surface area (Å²) in [5.74, 6) is 1.98. The molecule has 0 saturated heterocycles. The molecule has 0 aliphatic heterocycles. The van der Waals surface area contributed by atoms with E-state index in [0.29, 0.717) is 24.2 Å². The number of halogens is 3. The Hall–Kier alpha value is -3.02. The van der Waals surface area contributed by atoms with Gasteiger partial charge in [0.2, 0.25) is 0 Å². The first kappa shape index (κ1) is 26.6. The van der Waals surface area contributed by atoms with E-state index in [1.54, 1.807) is 6.07 Å². The van der Waals surface area contributed by atoms with E-state index in [9.17, 15) is 23.1 Å². The molecule has 4 fully saturated rings. The first-order valence-electron chi connectivity index (χ1n) is 13.6. The molecule has 4 aliphatic rings. The first-order valence-corrected chi connectivity index (χ1v) is 13.6. The number of rotatable bonds is 9. The van der Waals surface area contributed by atoms with Gasteiger partial charge in [-0.15, -0.1) is 0 Å². The minimum absolute atomic E-state index is 0.0869. The van der Waals surface area contributed by atoms with E-state index in [4.69, 9.17) is 4.74 Å². The van der Waals surface area contributed by atoms with Crippen LogP contribution in [0.25, 0.3) is 5.57 Å². The monoisotopic (exact) mass is 524 g/mol. The summed E-state index contributed by atoms with van der Waals surface area (Å²) in [6.45, 7) is 1.47. The van der Waals surface area contributed by atoms with Gasteiger partial charge in [-0.05, 0) is 116 Å². The second-order valence-electron chi connectivity index (χ2n) is 11.5. The number of hydrogen-bond acceptors (Lipinski definition) is 2. The van der Waals surface area contributed by atoms with Crippen molar-refractivity contribution in [1.82, 2.24) is 0 Å². The number of benzene rings is 2. The quantitative estimate of drug-likeness (QED) is 0.336. The fraction of sp³-hybridized carbons (Fsp3) is 0.469. The third-order valence-electron chi connectivity index (χ3n) is 8.67. The lowest BCUT2D eigenvalue weighted by atomic mass is 9.48. The number of carboxylic acid groups (broad SMARTS) is 1. The molecular formula is C32H35F3O3. The van der Waals surface area contributed by atoms with Crippen molar-refractivity contribution in [2.45, 2.75) is 69.9 Å². The van der Waals surface area contributed by atoms with Gasteiger partial charge in [-0.3, -0.25) is 0 Å². The van der Waals surface area contributed by atoms with Crippen LogP contribution < -0.4 is 4.74 Å². The average Bonchev–Trinajstić information content (AvgIpc) is 2.86. The lowest BCUT2D eigenvalue weighted by Crippen LogP contribution is -2.48. The lowest BCUT2D eigenvalue weighted by Gasteiger charge is -2.57. The van der Waals surface area contributed by atoms with Crippen molar-refractivity contribution >= 4 is 11.5 Å². The zero-order chi connectivity index (χ0) is 26.9. The molecule has 0 radical (unpaired) electrons. The summed E-state index contributed by atoms with van der Waals surface area (Å²) in [6, 6.07) is 11.7. The molecule has 6 heteroatoms. The topological polar surface area (TPSA) is 46.5 Å². The highest BCUT2D eigenvalue weighted by Crippen LogP contribution is 2.62. The van der Waals surface area contributed by atoms with Crippen LogP contribution in [0.15, 0.2) is 60.7 Å². The van der Waals surface area contributed by atoms with E-state index in [2.05, 4.69) is 12.1 Å². The molecule has 4 saturated carbocycles. The van der Waals surface area contributed by atoms with Gasteiger partial charge in [-0.2, -0.15) is 13.2 Å². The van der Waals surface area contributed by atoms with Crippen LogP contribution in [0, 0.1) is 17.8 Å². The summed E-state index contributed by atoms with van der Waals surface area (Å²) in [5, 5.41) is 9.29. The SMILES string of the molecule is CC=C/C(=C/CCc1ccc(C23CC4CC(CC(C4)C2)C3)c(OCC(=O)O)c1)c1cccc(C(F)(F)F)c1. The summed E-state index contributed by atoms with van der Waals surface area (Å²) in [4.78, 5) is 11.3. The Bertz CT molecular complexity index is 1210. The van der Waals surface area contributed by atoms with Crippen molar-refractivity contribution in [2.24, 2.45) is 17.8 Å². The van der Waals surface area contributed by atoms with Crippen molar-refractivity contribution in [1.29, 1.82) is 0 Å². The molecule has 4 aliphatic carbocycles. The Morgan fingerprint density at radius 3 is 2.34 bits per heavy atom. The molecule has 0 amide bonds. The Morgan fingerprint density at radius 2 is 1.74 bits per heavy atom. The fourth-order valence-electron chi connectivity index (χ4n) is 7.59. The highest BCUT2D eigenvalue weighted by molar-refractivity contribution is 5.74. The maximum absolute atomic E-state index is 13.2. The van der Waals surface area contributed by atoms with Gasteiger partial charge in [0.05, 0.1) is 5.56 Å². The van der Waals surface area contributed by atoms with Crippen LogP contribution in [0.3, 0.4) is 0 Å². The van der Waals surface area contributed by atoms with Crippen LogP contribution in [0.4, 0.5) is 13.2 Å². The van der Waals surface area contributed by atoms with E-state index in [-0.39, 0.29) is 12.0 Å². The molecule has 1 N–H and O–H groups in total. The van der Waals surface area contributed by atoms with Gasteiger partial charge in [-0.1, -0.05) is 42.5 Å². The van der Waals surface area contributed by atoms with Crippen LogP contribution in [-0.4, -0.2) is 17.7 Å². The Labute approximate surface area is 222 Å². The standard InChI is InChI=1S/C32H35F3O3/c1-2-5-25(26-8-4-9-27(16-26)32(33,34)35)7-3-6-21-10-11-28(29(15-21)38-20-30(36)37)31-17-22-12-23(18-31)14-24(13-22)19-31/h2,4-5,7-11,15-16,22-24H,3,6,12-14,17-20H2,1H3,(H,36,37)/b5-2?,25-7-. The van der Waals surface area contributed by atoms with Crippen molar-refractivity contribution in [3.63, 3.8) is 0 Å². The molecule has 38 heavy (non-hydrogen) atoms. The van der Waals surface area contributed by atoms with E-state index >= 15 is 0 Å². The number of ether oxygens (including phenoxy) is 1. The summed E-state index contributed by atoms with van der Waals surface area (Å²) in [5.41, 5.74) is 2.89. The number of aryl methyl sites for hydroxylation is 1. The van der Waals surface area contributed by atoms with Crippen molar-refractivity contribution < 1.29 is 27.8 Å². The first-order chi connectivity index (χ1) is 18.1. The second kappa shape index (κ2) is 10.6. The Balaban J connectivity index is 1.37. The minimum atomic E-state index is -4.39. The third-order valence-corrected chi connectivity index (χ3v) is 8.67. The molecule has 2 aromatic carbocycles. The van der Waals surface area contributed by atoms with E-state index in [1.165, 1.54) is 31.4 Å². The summed E-state index contributed by atoms with van der Waals surface area (Å²) in [7, 11) is 0. The summed E-state index contributed by atoms with van der Waals surface area (Å²) < 4.78 is 45.5. The fourth-order valence-corrected chi connectivity index (χ4v) is 7.59. The van der Waals surface area contributed by atoms with E-state index < -0.39 is 17.7 Å². The molecule has 0 spiro atoms. The Kier molecular flexibility index (Phi) is 7.43. The smallest absolute Gasteiger partial charge is 0.416 e. The van der Waals surface area contributed by atoms with Gasteiger partial charge in [-0.25, -0.2) is 4.79 Å². The van der Waals surface area contributed by atoms with Crippen LogP contribution >= 0.6 is 0 Å². The second-order valence-corrected chi connectivity index (χ2v) is 11.5. The van der Waals surface area contributed by atoms with Crippen molar-refractivity contribution in [3.05, 3.63) is 82.9 Å². The van der Waals surface area contributed by atoms with Gasteiger partial charge in [0, 0.05) is 5.56 Å². The molecule has 0 unspecified atom stereocenters. The third kappa shape index (κ3) is 5.69. The zero-order valence-electron chi connectivity index (χ0n) is 21.8. The van der Waals surface area contributed by atoms with Crippen LogP contribution in [0.2, 0.25) is 0 Å². The van der Waals surface area contributed by atoms with Crippen LogP contribution in [0.5, 0.6) is 5.75 Å². The highest BCUT2D eigenvalue weighted by atomic mass is 19.4. The predicted octanol–water partition coefficient (Wildman–Crippen LogP) is 8.23. The largest absolute Gasteiger partial charge is 0.482 e. The average molecular weight is 525 g/mol. The molecule has 202 valence electrons. The molecule has 4 bridgehead atoms. The van der Waals surface area contributed by atoms with Gasteiger partial charge >= 0.3 is 12.1 Å². The maximum atomic E-state index is 13.2. The van der Waals surface area contributed by atoms with Gasteiger partial charge in [0.1, 0.15) is 5.75 Å².